The number of hydrogen-bond donors (Lipinski definition) is 0. The summed E-state index contributed by atoms with van der Waals surface area (Å²) in [6.45, 7) is 7.14. The molecule has 4 rings (SSSR count). The number of hydrogen-bond acceptors (Lipinski definition) is 6. The van der Waals surface area contributed by atoms with Gasteiger partial charge in [0.15, 0.2) is 17.3 Å². The highest BCUT2D eigenvalue weighted by Crippen LogP contribution is 2.22. The van der Waals surface area contributed by atoms with Crippen LogP contribution in [0.15, 0.2) is 6.20 Å². The molecule has 0 aliphatic carbocycles. The highest BCUT2D eigenvalue weighted by Gasteiger charge is 2.24. The van der Waals surface area contributed by atoms with Gasteiger partial charge < -0.3 is 4.90 Å². The van der Waals surface area contributed by atoms with E-state index in [2.05, 4.69) is 37.0 Å². The van der Waals surface area contributed by atoms with Crippen molar-refractivity contribution in [3.8, 4) is 0 Å². The maximum atomic E-state index is 4.66. The Morgan fingerprint density at radius 3 is 2.72 bits per heavy atom. The summed E-state index contributed by atoms with van der Waals surface area (Å²) in [4.78, 5) is 15.8. The Hall–Kier alpha value is -2.77. The van der Waals surface area contributed by atoms with Crippen LogP contribution in [-0.4, -0.2) is 46.9 Å². The molecule has 130 valence electrons. The van der Waals surface area contributed by atoms with Crippen molar-refractivity contribution < 1.29 is 0 Å². The van der Waals surface area contributed by atoms with Gasteiger partial charge >= 0.3 is 0 Å². The van der Waals surface area contributed by atoms with Gasteiger partial charge in [-0.2, -0.15) is 9.50 Å². The summed E-state index contributed by atoms with van der Waals surface area (Å²) in [5.41, 5.74) is 1.83. The van der Waals surface area contributed by atoms with Gasteiger partial charge in [-0.05, 0) is 45.8 Å². The van der Waals surface area contributed by atoms with Crippen molar-refractivity contribution in [1.29, 1.82) is 0 Å². The molecule has 1 unspecified atom stereocenters. The molecule has 1 fully saturated rings. The van der Waals surface area contributed by atoms with E-state index in [4.69, 9.17) is 0 Å². The van der Waals surface area contributed by atoms with Crippen LogP contribution in [0.3, 0.4) is 0 Å². The molecule has 8 nitrogen and oxygen atoms in total. The summed E-state index contributed by atoms with van der Waals surface area (Å²) in [6.07, 6.45) is 7.99. The first kappa shape index (κ1) is 15.7. The first-order valence-electron chi connectivity index (χ1n) is 8.57. The van der Waals surface area contributed by atoms with Crippen LogP contribution in [0.25, 0.3) is 17.8 Å². The Bertz CT molecular complexity index is 912. The van der Waals surface area contributed by atoms with Crippen LogP contribution in [0, 0.1) is 13.8 Å². The lowest BCUT2D eigenvalue weighted by Crippen LogP contribution is -2.27. The van der Waals surface area contributed by atoms with Gasteiger partial charge in [0.05, 0.1) is 0 Å². The monoisotopic (exact) mass is 338 g/mol. The summed E-state index contributed by atoms with van der Waals surface area (Å²) in [5.74, 6) is 3.04. The van der Waals surface area contributed by atoms with Gasteiger partial charge in [0.2, 0.25) is 5.95 Å². The molecule has 3 aromatic rings. The van der Waals surface area contributed by atoms with E-state index < -0.39 is 0 Å². The van der Waals surface area contributed by atoms with Gasteiger partial charge in [-0.3, -0.25) is 0 Å². The smallest absolute Gasteiger partial charge is 0.245 e. The first-order valence-corrected chi connectivity index (χ1v) is 8.57. The molecule has 3 aromatic heterocycles. The molecule has 1 saturated heterocycles. The minimum atomic E-state index is 0.498. The van der Waals surface area contributed by atoms with Crippen molar-refractivity contribution in [2.75, 3.05) is 11.4 Å². The van der Waals surface area contributed by atoms with E-state index in [0.29, 0.717) is 11.9 Å². The van der Waals surface area contributed by atoms with Crippen molar-refractivity contribution >= 4 is 23.7 Å². The van der Waals surface area contributed by atoms with Gasteiger partial charge in [0.1, 0.15) is 5.82 Å². The third-order valence-electron chi connectivity index (χ3n) is 4.70. The van der Waals surface area contributed by atoms with Crippen LogP contribution in [0.1, 0.15) is 42.8 Å². The normalized spacial score (nSPS) is 18.1. The predicted octanol–water partition coefficient (Wildman–Crippen LogP) is 2.03. The van der Waals surface area contributed by atoms with E-state index in [9.17, 15) is 0 Å². The van der Waals surface area contributed by atoms with Crippen molar-refractivity contribution in [3.63, 3.8) is 0 Å². The molecule has 0 spiro atoms. The fraction of sp³-hybridized carbons (Fsp3) is 0.471. The van der Waals surface area contributed by atoms with Gasteiger partial charge in [0, 0.05) is 31.4 Å². The molecule has 1 aliphatic heterocycles. The second-order valence-corrected chi connectivity index (χ2v) is 6.61. The standard InChI is InChI=1S/C17H22N8/c1-11-10-18-13(3)25-16(11)19-14(21-25)7-8-15-20-17(22-23(15)4)24-9-5-6-12(24)2/h7-8,10,12H,5-6,9H2,1-4H3/b8-7+. The fourth-order valence-corrected chi connectivity index (χ4v) is 3.21. The van der Waals surface area contributed by atoms with Crippen LogP contribution >= 0.6 is 0 Å². The van der Waals surface area contributed by atoms with E-state index in [1.165, 1.54) is 12.8 Å². The number of nitrogens with zero attached hydrogens (tertiary/aromatic N) is 8. The zero-order valence-corrected chi connectivity index (χ0v) is 15.0. The second kappa shape index (κ2) is 5.94. The zero-order chi connectivity index (χ0) is 17.6. The molecule has 0 bridgehead atoms. The Kier molecular flexibility index (Phi) is 3.74. The van der Waals surface area contributed by atoms with E-state index in [1.807, 2.05) is 39.2 Å². The lowest BCUT2D eigenvalue weighted by Gasteiger charge is -2.18. The van der Waals surface area contributed by atoms with Crippen molar-refractivity contribution in [2.24, 2.45) is 7.05 Å². The SMILES string of the molecule is Cc1cnc(C)n2nc(/C=C/c3nc(N4CCCC4C)nn3C)nc12. The fourth-order valence-electron chi connectivity index (χ4n) is 3.21. The quantitative estimate of drug-likeness (QED) is 0.727. The predicted molar refractivity (Wildman–Crippen MR) is 96.2 cm³/mol. The molecule has 8 heteroatoms. The van der Waals surface area contributed by atoms with Crippen molar-refractivity contribution in [1.82, 2.24) is 34.3 Å². The van der Waals surface area contributed by atoms with E-state index >= 15 is 0 Å². The van der Waals surface area contributed by atoms with Gasteiger partial charge in [-0.1, -0.05) is 0 Å². The molecule has 0 radical (unpaired) electrons. The van der Waals surface area contributed by atoms with E-state index in [1.54, 1.807) is 9.20 Å². The highest BCUT2D eigenvalue weighted by molar-refractivity contribution is 5.65. The van der Waals surface area contributed by atoms with E-state index in [0.717, 1.165) is 35.4 Å². The first-order chi connectivity index (χ1) is 12.0. The van der Waals surface area contributed by atoms with E-state index in [-0.39, 0.29) is 0 Å². The number of aromatic nitrogens is 7. The maximum absolute atomic E-state index is 4.66. The third-order valence-corrected chi connectivity index (χ3v) is 4.70. The van der Waals surface area contributed by atoms with Crippen molar-refractivity contribution in [2.45, 2.75) is 39.7 Å². The molecule has 1 atom stereocenters. The summed E-state index contributed by atoms with van der Waals surface area (Å²) >= 11 is 0. The number of aryl methyl sites for hydroxylation is 3. The van der Waals surface area contributed by atoms with Crippen LogP contribution in [-0.2, 0) is 7.05 Å². The van der Waals surface area contributed by atoms with Gasteiger partial charge in [-0.25, -0.2) is 14.6 Å². The van der Waals surface area contributed by atoms with Gasteiger partial charge in [0.25, 0.3) is 0 Å². The van der Waals surface area contributed by atoms with Crippen molar-refractivity contribution in [3.05, 3.63) is 29.2 Å². The number of fused-ring (bicyclic) bond motifs is 1. The Labute approximate surface area is 146 Å². The summed E-state index contributed by atoms with van der Waals surface area (Å²) in [6, 6.07) is 0.498. The van der Waals surface area contributed by atoms with Crippen LogP contribution < -0.4 is 4.90 Å². The summed E-state index contributed by atoms with van der Waals surface area (Å²) in [5, 5.41) is 9.05. The van der Waals surface area contributed by atoms with Crippen LogP contribution in [0.4, 0.5) is 5.95 Å². The molecule has 0 saturated carbocycles. The molecule has 1 aliphatic rings. The second-order valence-electron chi connectivity index (χ2n) is 6.61. The molecule has 25 heavy (non-hydrogen) atoms. The Morgan fingerprint density at radius 1 is 1.16 bits per heavy atom. The highest BCUT2D eigenvalue weighted by atomic mass is 15.4. The summed E-state index contributed by atoms with van der Waals surface area (Å²) < 4.78 is 3.56. The number of rotatable bonds is 3. The Morgan fingerprint density at radius 2 is 2.00 bits per heavy atom. The molecule has 0 aromatic carbocycles. The largest absolute Gasteiger partial charge is 0.337 e. The average molecular weight is 338 g/mol. The van der Waals surface area contributed by atoms with Crippen LogP contribution in [0.5, 0.6) is 0 Å². The molecular formula is C17H22N8. The lowest BCUT2D eigenvalue weighted by atomic mass is 10.2. The third kappa shape index (κ3) is 2.77. The number of anilines is 1. The minimum absolute atomic E-state index is 0.498. The molecule has 0 N–H and O–H groups in total. The maximum Gasteiger partial charge on any atom is 0.245 e. The average Bonchev–Trinajstić information content (AvgIpc) is 3.28. The minimum Gasteiger partial charge on any atom is -0.337 e. The molecule has 4 heterocycles. The van der Waals surface area contributed by atoms with Crippen LogP contribution in [0.2, 0.25) is 0 Å². The summed E-state index contributed by atoms with van der Waals surface area (Å²) in [7, 11) is 1.91. The molecular weight excluding hydrogens is 316 g/mol. The Balaban J connectivity index is 1.63. The topological polar surface area (TPSA) is 77.0 Å². The van der Waals surface area contributed by atoms with Gasteiger partial charge in [-0.15, -0.1) is 10.2 Å². The molecule has 0 amide bonds. The zero-order valence-electron chi connectivity index (χ0n) is 15.0. The lowest BCUT2D eigenvalue weighted by molar-refractivity contribution is 0.700.